The van der Waals surface area contributed by atoms with Crippen molar-refractivity contribution in [3.63, 3.8) is 0 Å². The van der Waals surface area contributed by atoms with Crippen molar-refractivity contribution < 1.29 is 5.11 Å². The highest BCUT2D eigenvalue weighted by Crippen LogP contribution is 2.14. The van der Waals surface area contributed by atoms with Gasteiger partial charge in [0.05, 0.1) is 0 Å². The van der Waals surface area contributed by atoms with E-state index in [1.165, 1.54) is 0 Å². The van der Waals surface area contributed by atoms with Crippen LogP contribution in [-0.4, -0.2) is 10.7 Å². The lowest BCUT2D eigenvalue weighted by Gasteiger charge is -2.17. The Bertz CT molecular complexity index is 212. The van der Waals surface area contributed by atoms with Crippen LogP contribution in [0.4, 0.5) is 0 Å². The first kappa shape index (κ1) is 10.0. The molecule has 2 heteroatoms. The van der Waals surface area contributed by atoms with E-state index in [2.05, 4.69) is 11.8 Å². The predicted molar refractivity (Wildman–Crippen MR) is 43.5 cm³/mol. The van der Waals surface area contributed by atoms with E-state index in [4.69, 9.17) is 5.26 Å². The molecule has 0 saturated heterocycles. The van der Waals surface area contributed by atoms with Gasteiger partial charge in [-0.15, -0.1) is 0 Å². The van der Waals surface area contributed by atoms with E-state index in [0.717, 1.165) is 0 Å². The molecular weight excluding hydrogens is 138 g/mol. The fourth-order valence-electron chi connectivity index (χ4n) is 1.01. The van der Waals surface area contributed by atoms with Gasteiger partial charge in [0.2, 0.25) is 0 Å². The van der Waals surface area contributed by atoms with E-state index in [1.807, 2.05) is 13.8 Å². The summed E-state index contributed by atoms with van der Waals surface area (Å²) in [6.07, 6.45) is 0.599. The molecule has 0 rings (SSSR count). The van der Waals surface area contributed by atoms with Gasteiger partial charge in [-0.2, -0.15) is 5.26 Å². The lowest BCUT2D eigenvalue weighted by Crippen LogP contribution is -2.23. The Morgan fingerprint density at radius 2 is 2.09 bits per heavy atom. The van der Waals surface area contributed by atoms with Crippen molar-refractivity contribution in [1.82, 2.24) is 0 Å². The molecule has 0 aliphatic carbocycles. The van der Waals surface area contributed by atoms with Crippen LogP contribution in [-0.2, 0) is 0 Å². The summed E-state index contributed by atoms with van der Waals surface area (Å²) in [5, 5.41) is 17.6. The van der Waals surface area contributed by atoms with Gasteiger partial charge in [0.1, 0.15) is 5.60 Å². The summed E-state index contributed by atoms with van der Waals surface area (Å²) in [5.41, 5.74) is -1.01. The fraction of sp³-hybridized carbons (Fsp3) is 0.667. The molecular formula is C9H13NO. The molecule has 0 aromatic rings. The maximum Gasteiger partial charge on any atom is 0.152 e. The topological polar surface area (TPSA) is 44.0 Å². The van der Waals surface area contributed by atoms with Crippen molar-refractivity contribution in [2.75, 3.05) is 0 Å². The molecule has 0 aliphatic rings. The van der Waals surface area contributed by atoms with Gasteiger partial charge >= 0.3 is 0 Å². The summed E-state index contributed by atoms with van der Waals surface area (Å²) in [7, 11) is 0. The van der Waals surface area contributed by atoms with Crippen molar-refractivity contribution in [2.45, 2.75) is 32.8 Å². The average Bonchev–Trinajstić information content (AvgIpc) is 1.81. The summed E-state index contributed by atoms with van der Waals surface area (Å²) in [6.45, 7) is 5.63. The molecule has 60 valence electrons. The van der Waals surface area contributed by atoms with Crippen LogP contribution in [0.5, 0.6) is 0 Å². The zero-order valence-corrected chi connectivity index (χ0v) is 7.18. The lowest BCUT2D eigenvalue weighted by molar-refractivity contribution is 0.0976. The number of nitriles is 1. The molecule has 0 radical (unpaired) electrons. The van der Waals surface area contributed by atoms with Crippen LogP contribution in [0.2, 0.25) is 0 Å². The van der Waals surface area contributed by atoms with E-state index in [9.17, 15) is 5.11 Å². The quantitative estimate of drug-likeness (QED) is 0.605. The molecule has 0 bridgehead atoms. The second-order valence-electron chi connectivity index (χ2n) is 3.23. The third-order valence-electron chi connectivity index (χ3n) is 1.19. The second kappa shape index (κ2) is 4.01. The summed E-state index contributed by atoms with van der Waals surface area (Å²) < 4.78 is 0. The molecule has 0 amide bonds. The van der Waals surface area contributed by atoms with E-state index in [1.54, 1.807) is 13.0 Å². The van der Waals surface area contributed by atoms with Gasteiger partial charge in [-0.3, -0.25) is 0 Å². The third-order valence-corrected chi connectivity index (χ3v) is 1.19. The van der Waals surface area contributed by atoms with Gasteiger partial charge in [0.25, 0.3) is 0 Å². The van der Waals surface area contributed by atoms with Crippen LogP contribution < -0.4 is 0 Å². The average molecular weight is 151 g/mol. The molecule has 0 aromatic heterocycles. The van der Waals surface area contributed by atoms with Gasteiger partial charge in [-0.1, -0.05) is 19.8 Å². The van der Waals surface area contributed by atoms with Crippen LogP contribution in [0.1, 0.15) is 27.2 Å². The highest BCUT2D eigenvalue weighted by Gasteiger charge is 2.17. The smallest absolute Gasteiger partial charge is 0.152 e. The SMILES string of the molecule is CC(C)CC(C)(O)C#CC#N. The Morgan fingerprint density at radius 3 is 2.45 bits per heavy atom. The number of hydrogen-bond acceptors (Lipinski definition) is 2. The molecule has 11 heavy (non-hydrogen) atoms. The molecule has 1 N–H and O–H groups in total. The minimum atomic E-state index is -1.01. The standard InChI is InChI=1S/C9H13NO/c1-8(2)7-9(3,11)5-4-6-10/h8,11H,7H2,1-3H3. The van der Waals surface area contributed by atoms with Crippen molar-refractivity contribution >= 4 is 0 Å². The molecule has 0 aliphatic heterocycles. The van der Waals surface area contributed by atoms with Gasteiger partial charge in [0, 0.05) is 5.92 Å². The number of nitrogens with zero attached hydrogens (tertiary/aromatic N) is 1. The molecule has 1 atom stereocenters. The second-order valence-corrected chi connectivity index (χ2v) is 3.23. The lowest BCUT2D eigenvalue weighted by atomic mass is 9.95. The highest BCUT2D eigenvalue weighted by atomic mass is 16.3. The van der Waals surface area contributed by atoms with Crippen molar-refractivity contribution in [1.29, 1.82) is 5.26 Å². The number of rotatable bonds is 2. The molecule has 0 spiro atoms. The van der Waals surface area contributed by atoms with Gasteiger partial charge in [0.15, 0.2) is 6.07 Å². The van der Waals surface area contributed by atoms with Gasteiger partial charge < -0.3 is 5.11 Å². The molecule has 0 aromatic carbocycles. The van der Waals surface area contributed by atoms with E-state index in [0.29, 0.717) is 12.3 Å². The first-order valence-electron chi connectivity index (χ1n) is 3.61. The Kier molecular flexibility index (Phi) is 3.65. The molecule has 0 heterocycles. The normalized spacial score (nSPS) is 14.5. The largest absolute Gasteiger partial charge is 0.378 e. The van der Waals surface area contributed by atoms with Crippen LogP contribution in [0, 0.1) is 29.1 Å². The third kappa shape index (κ3) is 5.45. The highest BCUT2D eigenvalue weighted by molar-refractivity contribution is 5.22. The molecule has 1 unspecified atom stereocenters. The van der Waals surface area contributed by atoms with Crippen molar-refractivity contribution in [2.24, 2.45) is 5.92 Å². The first-order chi connectivity index (χ1) is 4.98. The maximum absolute atomic E-state index is 9.49. The van der Waals surface area contributed by atoms with Gasteiger partial charge in [-0.25, -0.2) is 0 Å². The van der Waals surface area contributed by atoms with E-state index < -0.39 is 5.60 Å². The predicted octanol–water partition coefficient (Wildman–Crippen LogP) is 1.31. The fourth-order valence-corrected chi connectivity index (χ4v) is 1.01. The minimum Gasteiger partial charge on any atom is -0.378 e. The van der Waals surface area contributed by atoms with Crippen LogP contribution in [0.25, 0.3) is 0 Å². The zero-order valence-electron chi connectivity index (χ0n) is 7.18. The number of hydrogen-bond donors (Lipinski definition) is 1. The van der Waals surface area contributed by atoms with E-state index in [-0.39, 0.29) is 0 Å². The van der Waals surface area contributed by atoms with Crippen LogP contribution >= 0.6 is 0 Å². The Morgan fingerprint density at radius 1 is 1.55 bits per heavy atom. The van der Waals surface area contributed by atoms with E-state index >= 15 is 0 Å². The molecule has 0 saturated carbocycles. The summed E-state index contributed by atoms with van der Waals surface area (Å²) in [5.74, 6) is 5.07. The number of aliphatic hydroxyl groups is 1. The van der Waals surface area contributed by atoms with Crippen LogP contribution in [0.15, 0.2) is 0 Å². The summed E-state index contributed by atoms with van der Waals surface area (Å²) >= 11 is 0. The van der Waals surface area contributed by atoms with Gasteiger partial charge in [-0.05, 0) is 19.3 Å². The Labute approximate surface area is 67.8 Å². The Hall–Kier alpha value is -0.990. The summed E-state index contributed by atoms with van der Waals surface area (Å²) in [4.78, 5) is 0. The maximum atomic E-state index is 9.49. The van der Waals surface area contributed by atoms with Crippen molar-refractivity contribution in [3.8, 4) is 17.9 Å². The van der Waals surface area contributed by atoms with Crippen molar-refractivity contribution in [3.05, 3.63) is 0 Å². The monoisotopic (exact) mass is 151 g/mol. The zero-order chi connectivity index (χ0) is 8.91. The summed E-state index contributed by atoms with van der Waals surface area (Å²) in [6, 6.07) is 1.68. The minimum absolute atomic E-state index is 0.387. The van der Waals surface area contributed by atoms with Crippen LogP contribution in [0.3, 0.4) is 0 Å². The Balaban J connectivity index is 4.13. The first-order valence-corrected chi connectivity index (χ1v) is 3.61. The molecule has 0 fully saturated rings. The molecule has 2 nitrogen and oxygen atoms in total.